The molecule has 0 aromatic heterocycles. The Morgan fingerprint density at radius 3 is 0.977 bits per heavy atom. The Balaban J connectivity index is 3.91. The first-order chi connectivity index (χ1) is 43.0. The standard InChI is InChI=1S/C78H144NO8P/c1-6-8-10-12-14-16-18-20-22-24-26-28-30-31-32-33-34-35-36-37-38-39-40-41-42-43-44-45-46-47-49-51-53-55-57-59-61-63-65-67-69-71-78(81)87-76(75-86-88(82,83)85-73-72-79(3,4)5)74-84-77(80)70-68-66-64-62-60-58-56-54-52-50-48-29-27-25-23-21-19-17-15-13-11-9-7-2/h8,10,14,16,20,22,25-28,31-32,76H,6-7,9,11-13,15,17-19,21,23-24,29-30,33-75H2,1-5H3/p+1/b10-8-,16-14-,22-20-,27-25-,28-26-,32-31-. The maximum atomic E-state index is 12.9. The molecule has 0 heterocycles. The Morgan fingerprint density at radius 1 is 0.364 bits per heavy atom. The lowest BCUT2D eigenvalue weighted by Crippen LogP contribution is -2.37. The fraction of sp³-hybridized carbons (Fsp3) is 0.821. The van der Waals surface area contributed by atoms with Crippen molar-refractivity contribution in [1.29, 1.82) is 0 Å². The average molecular weight is 1260 g/mol. The summed E-state index contributed by atoms with van der Waals surface area (Å²) in [7, 11) is 1.49. The number of quaternary nitrogens is 1. The van der Waals surface area contributed by atoms with Gasteiger partial charge in [0.25, 0.3) is 0 Å². The Morgan fingerprint density at radius 2 is 0.648 bits per heavy atom. The molecule has 0 fully saturated rings. The molecule has 0 saturated carbocycles. The molecule has 0 aliphatic heterocycles. The van der Waals surface area contributed by atoms with Crippen molar-refractivity contribution in [3.63, 3.8) is 0 Å². The number of phosphoric ester groups is 1. The zero-order valence-corrected chi connectivity index (χ0v) is 59.6. The third-order valence-corrected chi connectivity index (χ3v) is 17.7. The van der Waals surface area contributed by atoms with Crippen LogP contribution >= 0.6 is 7.82 Å². The van der Waals surface area contributed by atoms with Crippen LogP contribution in [0, 0.1) is 0 Å². The number of nitrogens with zero attached hydrogens (tertiary/aromatic N) is 1. The summed E-state index contributed by atoms with van der Waals surface area (Å²) >= 11 is 0. The topological polar surface area (TPSA) is 108 Å². The first-order valence-corrected chi connectivity index (χ1v) is 39.2. The van der Waals surface area contributed by atoms with Gasteiger partial charge in [0.2, 0.25) is 0 Å². The van der Waals surface area contributed by atoms with Gasteiger partial charge in [0.15, 0.2) is 6.10 Å². The molecule has 0 aliphatic rings. The number of carbonyl (C=O) groups excluding carboxylic acids is 2. The second kappa shape index (κ2) is 68.8. The predicted octanol–water partition coefficient (Wildman–Crippen LogP) is 24.7. The van der Waals surface area contributed by atoms with E-state index in [0.717, 1.165) is 64.2 Å². The summed E-state index contributed by atoms with van der Waals surface area (Å²) in [6, 6.07) is 0. The molecule has 0 amide bonds. The largest absolute Gasteiger partial charge is 0.472 e. The van der Waals surface area contributed by atoms with Crippen LogP contribution in [0.5, 0.6) is 0 Å². The van der Waals surface area contributed by atoms with Crippen molar-refractivity contribution < 1.29 is 42.1 Å². The molecule has 0 aliphatic carbocycles. The van der Waals surface area contributed by atoms with Gasteiger partial charge in [-0.3, -0.25) is 18.6 Å². The van der Waals surface area contributed by atoms with Gasteiger partial charge in [0.05, 0.1) is 27.7 Å². The van der Waals surface area contributed by atoms with Crippen molar-refractivity contribution in [2.75, 3.05) is 47.5 Å². The first-order valence-electron chi connectivity index (χ1n) is 37.7. The van der Waals surface area contributed by atoms with E-state index in [9.17, 15) is 19.0 Å². The molecule has 0 radical (unpaired) electrons. The lowest BCUT2D eigenvalue weighted by atomic mass is 10.0. The number of hydrogen-bond donors (Lipinski definition) is 1. The Labute approximate surface area is 546 Å². The number of rotatable bonds is 70. The summed E-state index contributed by atoms with van der Waals surface area (Å²) < 4.78 is 34.8. The number of likely N-dealkylation sites (N-methyl/N-ethyl adjacent to an activating group) is 1. The fourth-order valence-electron chi connectivity index (χ4n) is 11.0. The molecule has 0 rings (SSSR count). The van der Waals surface area contributed by atoms with Crippen LogP contribution in [0.3, 0.4) is 0 Å². The summed E-state index contributed by atoms with van der Waals surface area (Å²) in [5, 5.41) is 0. The minimum Gasteiger partial charge on any atom is -0.462 e. The highest BCUT2D eigenvalue weighted by Crippen LogP contribution is 2.43. The summed E-state index contributed by atoms with van der Waals surface area (Å²) in [5.41, 5.74) is 0. The van der Waals surface area contributed by atoms with E-state index >= 15 is 0 Å². The zero-order valence-electron chi connectivity index (χ0n) is 58.7. The molecule has 9 nitrogen and oxygen atoms in total. The molecule has 1 N–H and O–H groups in total. The SMILES string of the molecule is CC/C=C\C/C=C\C/C=C\C/C=C\C/C=C\CCCCCCCCCCCCCCCCCCCCCCCCCCCC(=O)OC(COC(=O)CCCCCCCCCCCCC/C=C\CCCCCCCCCC)COP(=O)(O)OCC[N+](C)(C)C. The van der Waals surface area contributed by atoms with Crippen molar-refractivity contribution in [3.8, 4) is 0 Å². The number of esters is 2. The molecule has 2 unspecified atom stereocenters. The van der Waals surface area contributed by atoms with Crippen molar-refractivity contribution in [1.82, 2.24) is 0 Å². The van der Waals surface area contributed by atoms with Crippen LogP contribution in [0.4, 0.5) is 0 Å². The van der Waals surface area contributed by atoms with E-state index in [2.05, 4.69) is 86.8 Å². The fourth-order valence-corrected chi connectivity index (χ4v) is 11.7. The normalized spacial score (nSPS) is 13.5. The molecular formula is C78H145NO8P+. The molecule has 88 heavy (non-hydrogen) atoms. The van der Waals surface area contributed by atoms with Gasteiger partial charge in [0.1, 0.15) is 19.8 Å². The number of allylic oxidation sites excluding steroid dienone is 12. The second-order valence-corrected chi connectivity index (χ2v) is 28.1. The minimum absolute atomic E-state index is 0.0331. The molecule has 10 heteroatoms. The third-order valence-electron chi connectivity index (χ3n) is 16.7. The van der Waals surface area contributed by atoms with Crippen molar-refractivity contribution >= 4 is 19.8 Å². The third kappa shape index (κ3) is 72.5. The first kappa shape index (κ1) is 85.5. The number of ether oxygens (including phenoxy) is 2. The van der Waals surface area contributed by atoms with E-state index in [1.807, 2.05) is 21.1 Å². The predicted molar refractivity (Wildman–Crippen MR) is 381 cm³/mol. The lowest BCUT2D eigenvalue weighted by molar-refractivity contribution is -0.870. The summed E-state index contributed by atoms with van der Waals surface area (Å²) in [5.74, 6) is -0.780. The smallest absolute Gasteiger partial charge is 0.462 e. The Hall–Kier alpha value is -2.55. The van der Waals surface area contributed by atoms with Gasteiger partial charge in [-0.25, -0.2) is 4.57 Å². The molecular weight excluding hydrogens is 1110 g/mol. The highest BCUT2D eigenvalue weighted by atomic mass is 31.2. The molecule has 0 aromatic rings. The van der Waals surface area contributed by atoms with Gasteiger partial charge in [-0.1, -0.05) is 337 Å². The van der Waals surface area contributed by atoms with E-state index < -0.39 is 26.5 Å². The molecule has 0 aromatic carbocycles. The van der Waals surface area contributed by atoms with E-state index in [0.29, 0.717) is 23.9 Å². The van der Waals surface area contributed by atoms with E-state index in [4.69, 9.17) is 18.5 Å². The van der Waals surface area contributed by atoms with Crippen LogP contribution in [0.25, 0.3) is 0 Å². The molecule has 0 saturated heterocycles. The van der Waals surface area contributed by atoms with Gasteiger partial charge < -0.3 is 18.9 Å². The van der Waals surface area contributed by atoms with Gasteiger partial charge in [-0.2, -0.15) is 0 Å². The van der Waals surface area contributed by atoms with Gasteiger partial charge in [-0.05, 0) is 83.5 Å². The van der Waals surface area contributed by atoms with Crippen LogP contribution in [-0.2, 0) is 32.7 Å². The van der Waals surface area contributed by atoms with Crippen LogP contribution in [-0.4, -0.2) is 74.9 Å². The Kier molecular flexibility index (Phi) is 66.8. The maximum Gasteiger partial charge on any atom is 0.472 e. The van der Waals surface area contributed by atoms with Crippen molar-refractivity contribution in [2.24, 2.45) is 0 Å². The zero-order chi connectivity index (χ0) is 64.1. The molecule has 0 spiro atoms. The van der Waals surface area contributed by atoms with Crippen molar-refractivity contribution in [3.05, 3.63) is 72.9 Å². The second-order valence-electron chi connectivity index (χ2n) is 26.7. The van der Waals surface area contributed by atoms with Gasteiger partial charge >= 0.3 is 19.8 Å². The lowest BCUT2D eigenvalue weighted by Gasteiger charge is -2.24. The maximum absolute atomic E-state index is 12.9. The van der Waals surface area contributed by atoms with E-state index in [-0.39, 0.29) is 25.6 Å². The highest BCUT2D eigenvalue weighted by Gasteiger charge is 2.27. The van der Waals surface area contributed by atoms with Crippen LogP contribution in [0.15, 0.2) is 72.9 Å². The number of carbonyl (C=O) groups is 2. The summed E-state index contributed by atoms with van der Waals surface area (Å²) in [4.78, 5) is 35.9. The van der Waals surface area contributed by atoms with Crippen molar-refractivity contribution in [2.45, 2.75) is 367 Å². The number of phosphoric acid groups is 1. The van der Waals surface area contributed by atoms with E-state index in [1.54, 1.807) is 0 Å². The molecule has 514 valence electrons. The highest BCUT2D eigenvalue weighted by molar-refractivity contribution is 7.47. The Bertz CT molecular complexity index is 1710. The monoisotopic (exact) mass is 1260 g/mol. The van der Waals surface area contributed by atoms with Gasteiger partial charge in [0, 0.05) is 12.8 Å². The quantitative estimate of drug-likeness (QED) is 0.0211. The summed E-state index contributed by atoms with van der Waals surface area (Å²) in [6.45, 7) is 4.38. The summed E-state index contributed by atoms with van der Waals surface area (Å²) in [6.07, 6.45) is 93.2. The van der Waals surface area contributed by atoms with Crippen LogP contribution in [0.1, 0.15) is 361 Å². The minimum atomic E-state index is -4.39. The van der Waals surface area contributed by atoms with E-state index in [1.165, 1.54) is 263 Å². The van der Waals surface area contributed by atoms with Gasteiger partial charge in [-0.15, -0.1) is 0 Å². The average Bonchev–Trinajstić information content (AvgIpc) is 3.58. The number of unbranched alkanes of at least 4 members (excludes halogenated alkanes) is 44. The van der Waals surface area contributed by atoms with Crippen LogP contribution in [0.2, 0.25) is 0 Å². The molecule has 0 bridgehead atoms. The number of hydrogen-bond acceptors (Lipinski definition) is 7. The van der Waals surface area contributed by atoms with Crippen LogP contribution < -0.4 is 0 Å². The molecule has 2 atom stereocenters.